The molecule has 0 aliphatic carbocycles. The number of nitro benzene ring substituents is 1. The summed E-state index contributed by atoms with van der Waals surface area (Å²) in [5.74, 6) is 0.964. The topological polar surface area (TPSA) is 106 Å². The van der Waals surface area contributed by atoms with Gasteiger partial charge in [0.2, 0.25) is 17.7 Å². The van der Waals surface area contributed by atoms with Gasteiger partial charge in [-0.25, -0.2) is 0 Å². The fourth-order valence-electron chi connectivity index (χ4n) is 3.54. The molecule has 3 aromatic rings. The first kappa shape index (κ1) is 20.5. The van der Waals surface area contributed by atoms with Crippen LogP contribution in [0.4, 0.5) is 11.4 Å². The Bertz CT molecular complexity index is 1050. The molecule has 0 atom stereocenters. The van der Waals surface area contributed by atoms with E-state index in [-0.39, 0.29) is 11.6 Å². The van der Waals surface area contributed by atoms with Gasteiger partial charge >= 0.3 is 0 Å². The smallest absolute Gasteiger partial charge is 0.269 e. The Morgan fingerprint density at radius 2 is 1.71 bits per heavy atom. The van der Waals surface area contributed by atoms with Crippen molar-refractivity contribution in [3.8, 4) is 11.5 Å². The molecule has 4 rings (SSSR count). The van der Waals surface area contributed by atoms with Gasteiger partial charge in [0.05, 0.1) is 4.92 Å². The zero-order valence-electron chi connectivity index (χ0n) is 17.2. The normalized spacial score (nSPS) is 14.0. The molecule has 9 nitrogen and oxygen atoms in total. The number of carbonyl (C=O) groups is 1. The van der Waals surface area contributed by atoms with E-state index >= 15 is 0 Å². The maximum Gasteiger partial charge on any atom is 0.269 e. The summed E-state index contributed by atoms with van der Waals surface area (Å²) in [5, 5.41) is 18.9. The molecule has 2 aromatic carbocycles. The van der Waals surface area contributed by atoms with Crippen molar-refractivity contribution in [2.75, 3.05) is 31.1 Å². The molecule has 0 spiro atoms. The highest BCUT2D eigenvalue weighted by Crippen LogP contribution is 2.21. The van der Waals surface area contributed by atoms with Crippen molar-refractivity contribution in [2.24, 2.45) is 0 Å². The molecule has 0 radical (unpaired) electrons. The van der Waals surface area contributed by atoms with E-state index in [0.717, 1.165) is 16.8 Å². The van der Waals surface area contributed by atoms with Crippen molar-refractivity contribution >= 4 is 17.3 Å². The fraction of sp³-hybridized carbons (Fsp3) is 0.318. The second-order valence-corrected chi connectivity index (χ2v) is 7.51. The number of nitro groups is 1. The van der Waals surface area contributed by atoms with E-state index in [1.807, 2.05) is 36.1 Å². The third-order valence-corrected chi connectivity index (χ3v) is 5.38. The second-order valence-electron chi connectivity index (χ2n) is 7.51. The summed E-state index contributed by atoms with van der Waals surface area (Å²) in [5.41, 5.74) is 3.01. The SMILES string of the molecule is Cc1ccc(-c2nnc(CCC(=O)N3CCN(c4ccc([N+](=O)[O-])cc4)CC3)o2)cc1. The van der Waals surface area contributed by atoms with Gasteiger partial charge in [-0.2, -0.15) is 0 Å². The lowest BCUT2D eigenvalue weighted by Crippen LogP contribution is -2.48. The van der Waals surface area contributed by atoms with Crippen LogP contribution in [-0.2, 0) is 11.2 Å². The molecule has 1 aliphatic heterocycles. The third-order valence-electron chi connectivity index (χ3n) is 5.38. The monoisotopic (exact) mass is 421 g/mol. The molecule has 1 fully saturated rings. The van der Waals surface area contributed by atoms with E-state index in [1.54, 1.807) is 12.1 Å². The lowest BCUT2D eigenvalue weighted by atomic mass is 10.1. The zero-order chi connectivity index (χ0) is 21.8. The van der Waals surface area contributed by atoms with Crippen molar-refractivity contribution in [3.05, 3.63) is 70.1 Å². The van der Waals surface area contributed by atoms with Crippen LogP contribution in [0.5, 0.6) is 0 Å². The number of aromatic nitrogens is 2. The van der Waals surface area contributed by atoms with Crippen LogP contribution in [-0.4, -0.2) is 52.1 Å². The number of aryl methyl sites for hydroxylation is 2. The summed E-state index contributed by atoms with van der Waals surface area (Å²) in [6.07, 6.45) is 0.716. The molecule has 0 N–H and O–H groups in total. The van der Waals surface area contributed by atoms with Gasteiger partial charge in [0, 0.05) is 62.4 Å². The molecule has 0 unspecified atom stereocenters. The van der Waals surface area contributed by atoms with Crippen molar-refractivity contribution in [1.82, 2.24) is 15.1 Å². The Morgan fingerprint density at radius 3 is 2.35 bits per heavy atom. The Balaban J connectivity index is 1.27. The molecule has 1 saturated heterocycles. The van der Waals surface area contributed by atoms with Crippen molar-refractivity contribution in [3.63, 3.8) is 0 Å². The summed E-state index contributed by atoms with van der Waals surface area (Å²) < 4.78 is 5.70. The molecule has 1 aromatic heterocycles. The lowest BCUT2D eigenvalue weighted by molar-refractivity contribution is -0.384. The van der Waals surface area contributed by atoms with Crippen LogP contribution in [0, 0.1) is 17.0 Å². The van der Waals surface area contributed by atoms with Gasteiger partial charge in [0.25, 0.3) is 5.69 Å². The van der Waals surface area contributed by atoms with Gasteiger partial charge in [-0.05, 0) is 31.2 Å². The Labute approximate surface area is 179 Å². The Kier molecular flexibility index (Phi) is 5.92. The lowest BCUT2D eigenvalue weighted by Gasteiger charge is -2.36. The van der Waals surface area contributed by atoms with Crippen LogP contribution in [0.2, 0.25) is 0 Å². The first-order chi connectivity index (χ1) is 15.0. The number of hydrogen-bond acceptors (Lipinski definition) is 7. The summed E-state index contributed by atoms with van der Waals surface area (Å²) in [6.45, 7) is 4.59. The Hall–Kier alpha value is -3.75. The number of amides is 1. The molecule has 2 heterocycles. The maximum absolute atomic E-state index is 12.6. The molecule has 0 bridgehead atoms. The quantitative estimate of drug-likeness (QED) is 0.444. The molecule has 1 aliphatic rings. The fourth-order valence-corrected chi connectivity index (χ4v) is 3.54. The first-order valence-corrected chi connectivity index (χ1v) is 10.2. The highest BCUT2D eigenvalue weighted by atomic mass is 16.6. The molecule has 31 heavy (non-hydrogen) atoms. The standard InChI is InChI=1S/C22H23N5O4/c1-16-2-4-17(5-3-16)22-24-23-20(31-22)10-11-21(28)26-14-12-25(13-15-26)18-6-8-19(9-7-18)27(29)30/h2-9H,10-15H2,1H3. The molecule has 0 saturated carbocycles. The number of non-ortho nitro benzene ring substituents is 1. The highest BCUT2D eigenvalue weighted by Gasteiger charge is 2.22. The second kappa shape index (κ2) is 8.95. The number of carbonyl (C=O) groups excluding carboxylic acids is 1. The van der Waals surface area contributed by atoms with Gasteiger partial charge in [-0.15, -0.1) is 10.2 Å². The number of benzene rings is 2. The minimum absolute atomic E-state index is 0.0541. The van der Waals surface area contributed by atoms with Crippen molar-refractivity contribution in [2.45, 2.75) is 19.8 Å². The highest BCUT2D eigenvalue weighted by molar-refractivity contribution is 5.76. The number of rotatable bonds is 6. The summed E-state index contributed by atoms with van der Waals surface area (Å²) in [4.78, 5) is 26.9. The van der Waals surface area contributed by atoms with E-state index in [9.17, 15) is 14.9 Å². The van der Waals surface area contributed by atoms with Crippen molar-refractivity contribution < 1.29 is 14.1 Å². The van der Waals surface area contributed by atoms with Crippen LogP contribution in [0.3, 0.4) is 0 Å². The molecular formula is C22H23N5O4. The average Bonchev–Trinajstić information content (AvgIpc) is 3.27. The summed E-state index contributed by atoms with van der Waals surface area (Å²) in [7, 11) is 0. The summed E-state index contributed by atoms with van der Waals surface area (Å²) >= 11 is 0. The van der Waals surface area contributed by atoms with Crippen LogP contribution in [0.15, 0.2) is 52.9 Å². The van der Waals surface area contributed by atoms with Gasteiger partial charge in [0.15, 0.2) is 0 Å². The Morgan fingerprint density at radius 1 is 1.03 bits per heavy atom. The number of nitrogens with zero attached hydrogens (tertiary/aromatic N) is 5. The molecule has 1 amide bonds. The minimum Gasteiger partial charge on any atom is -0.421 e. The van der Waals surface area contributed by atoms with Gasteiger partial charge in [0.1, 0.15) is 0 Å². The van der Waals surface area contributed by atoms with Gasteiger partial charge < -0.3 is 14.2 Å². The van der Waals surface area contributed by atoms with E-state index in [2.05, 4.69) is 15.1 Å². The predicted molar refractivity (Wildman–Crippen MR) is 115 cm³/mol. The minimum atomic E-state index is -0.409. The van der Waals surface area contributed by atoms with Crippen LogP contribution in [0.25, 0.3) is 11.5 Å². The molecule has 9 heteroatoms. The zero-order valence-corrected chi connectivity index (χ0v) is 17.2. The predicted octanol–water partition coefficient (Wildman–Crippen LogP) is 3.23. The summed E-state index contributed by atoms with van der Waals surface area (Å²) in [6, 6.07) is 14.3. The number of anilines is 1. The van der Waals surface area contributed by atoms with Crippen LogP contribution < -0.4 is 4.90 Å². The van der Waals surface area contributed by atoms with E-state index < -0.39 is 4.92 Å². The van der Waals surface area contributed by atoms with Crippen LogP contribution >= 0.6 is 0 Å². The molecular weight excluding hydrogens is 398 g/mol. The van der Waals surface area contributed by atoms with Gasteiger partial charge in [-0.1, -0.05) is 17.7 Å². The largest absolute Gasteiger partial charge is 0.421 e. The van der Waals surface area contributed by atoms with Crippen LogP contribution in [0.1, 0.15) is 17.9 Å². The number of hydrogen-bond donors (Lipinski definition) is 0. The van der Waals surface area contributed by atoms with E-state index in [0.29, 0.717) is 50.8 Å². The number of piperazine rings is 1. The van der Waals surface area contributed by atoms with Crippen molar-refractivity contribution in [1.29, 1.82) is 0 Å². The van der Waals surface area contributed by atoms with E-state index in [4.69, 9.17) is 4.42 Å². The van der Waals surface area contributed by atoms with Gasteiger partial charge in [-0.3, -0.25) is 14.9 Å². The average molecular weight is 421 g/mol. The first-order valence-electron chi connectivity index (χ1n) is 10.2. The molecule has 160 valence electrons. The maximum atomic E-state index is 12.6. The van der Waals surface area contributed by atoms with E-state index in [1.165, 1.54) is 12.1 Å². The third kappa shape index (κ3) is 4.88.